The van der Waals surface area contributed by atoms with Gasteiger partial charge in [0, 0.05) is 22.9 Å². The van der Waals surface area contributed by atoms with Crippen LogP contribution in [-0.4, -0.2) is 32.6 Å². The molecule has 6 nitrogen and oxygen atoms in total. The number of Topliss-reactive ketones (excluding diaryl/α,β-unsaturated/α-hetero) is 1. The zero-order valence-electron chi connectivity index (χ0n) is 21.7. The van der Waals surface area contributed by atoms with Crippen LogP contribution in [0.15, 0.2) is 54.6 Å². The van der Waals surface area contributed by atoms with Crippen LogP contribution in [-0.2, 0) is 27.2 Å². The van der Waals surface area contributed by atoms with Crippen molar-refractivity contribution in [3.63, 3.8) is 0 Å². The van der Waals surface area contributed by atoms with E-state index >= 15 is 0 Å². The number of carbonyl (C=O) groups excluding carboxylic acids is 3. The Morgan fingerprint density at radius 1 is 0.975 bits per heavy atom. The van der Waals surface area contributed by atoms with Crippen molar-refractivity contribution in [1.82, 2.24) is 4.98 Å². The SMILES string of the molecule is CC(C)(C)OC(=O)Cc1cccc(CC(=O)c2cc(NC(=O)C3C(c4ccc(F)c(Cl)c4)C3(Cl)Cl)ccc2Cl)n1. The molecule has 11 heteroatoms. The normalized spacial score (nSPS) is 17.7. The molecule has 210 valence electrons. The lowest BCUT2D eigenvalue weighted by Crippen LogP contribution is -2.25. The number of pyridine rings is 1. The first-order valence-corrected chi connectivity index (χ1v) is 13.8. The minimum atomic E-state index is -1.41. The number of hydrogen-bond donors (Lipinski definition) is 1. The summed E-state index contributed by atoms with van der Waals surface area (Å²) < 4.78 is 17.5. The molecule has 2 aromatic carbocycles. The highest BCUT2D eigenvalue weighted by molar-refractivity contribution is 6.53. The molecule has 2 unspecified atom stereocenters. The molecule has 1 aliphatic carbocycles. The Hall–Kier alpha value is -2.71. The Balaban J connectivity index is 1.44. The van der Waals surface area contributed by atoms with E-state index in [1.54, 1.807) is 45.0 Å². The first-order valence-electron chi connectivity index (χ1n) is 12.3. The van der Waals surface area contributed by atoms with E-state index in [1.807, 2.05) is 0 Å². The number of ketones is 1. The molecule has 0 radical (unpaired) electrons. The third kappa shape index (κ3) is 7.13. The van der Waals surface area contributed by atoms with Crippen molar-refractivity contribution in [2.75, 3.05) is 5.32 Å². The Bertz CT molecular complexity index is 1490. The number of benzene rings is 2. The number of nitrogens with zero attached hydrogens (tertiary/aromatic N) is 1. The summed E-state index contributed by atoms with van der Waals surface area (Å²) >= 11 is 25.0. The summed E-state index contributed by atoms with van der Waals surface area (Å²) in [4.78, 5) is 42.7. The van der Waals surface area contributed by atoms with Crippen molar-refractivity contribution in [2.24, 2.45) is 5.92 Å². The van der Waals surface area contributed by atoms with Crippen LogP contribution >= 0.6 is 46.4 Å². The van der Waals surface area contributed by atoms with Crippen molar-refractivity contribution < 1.29 is 23.5 Å². The van der Waals surface area contributed by atoms with E-state index < -0.39 is 39.5 Å². The highest BCUT2D eigenvalue weighted by Crippen LogP contribution is 2.65. The van der Waals surface area contributed by atoms with Crippen LogP contribution in [0.1, 0.15) is 54.0 Å². The standard InChI is InChI=1S/C29H25Cl4FN2O4/c1-28(2,3)40-24(38)14-17-6-4-5-16(35-17)13-23(37)19-12-18(8-9-20(19)30)36-27(39)26-25(29(26,32)33)15-7-10-22(34)21(31)11-15/h4-12,25-26H,13-14H2,1-3H3,(H,36,39). The largest absolute Gasteiger partial charge is 0.460 e. The third-order valence-electron chi connectivity index (χ3n) is 6.12. The number of carbonyl (C=O) groups is 3. The van der Waals surface area contributed by atoms with Gasteiger partial charge < -0.3 is 10.1 Å². The van der Waals surface area contributed by atoms with Crippen molar-refractivity contribution in [3.05, 3.63) is 93.0 Å². The number of aromatic nitrogens is 1. The molecule has 4 rings (SSSR count). The molecule has 0 aliphatic heterocycles. The molecule has 1 aliphatic rings. The van der Waals surface area contributed by atoms with Crippen molar-refractivity contribution >= 4 is 69.8 Å². The summed E-state index contributed by atoms with van der Waals surface area (Å²) in [6.45, 7) is 5.33. The number of rotatable bonds is 8. The first kappa shape index (κ1) is 30.3. The number of nitrogens with one attached hydrogen (secondary N) is 1. The molecule has 1 fully saturated rings. The molecule has 0 saturated heterocycles. The van der Waals surface area contributed by atoms with Crippen molar-refractivity contribution in [2.45, 2.75) is 49.5 Å². The van der Waals surface area contributed by atoms with Crippen LogP contribution in [0.25, 0.3) is 0 Å². The van der Waals surface area contributed by atoms with Crippen molar-refractivity contribution in [1.29, 1.82) is 0 Å². The second-order valence-electron chi connectivity index (χ2n) is 10.5. The van der Waals surface area contributed by atoms with Gasteiger partial charge in [-0.25, -0.2) is 4.39 Å². The highest BCUT2D eigenvalue weighted by atomic mass is 35.5. The zero-order chi connectivity index (χ0) is 29.4. The van der Waals surface area contributed by atoms with E-state index in [0.29, 0.717) is 22.6 Å². The van der Waals surface area contributed by atoms with Gasteiger partial charge in [0.15, 0.2) is 5.78 Å². The maximum absolute atomic E-state index is 13.6. The van der Waals surface area contributed by atoms with Gasteiger partial charge in [-0.15, -0.1) is 23.2 Å². The maximum atomic E-state index is 13.6. The summed E-state index contributed by atoms with van der Waals surface area (Å²) in [7, 11) is 0. The Morgan fingerprint density at radius 3 is 2.30 bits per heavy atom. The van der Waals surface area contributed by atoms with Gasteiger partial charge in [-0.3, -0.25) is 19.4 Å². The molecule has 40 heavy (non-hydrogen) atoms. The second-order valence-corrected chi connectivity index (χ2v) is 12.7. The predicted molar refractivity (Wildman–Crippen MR) is 154 cm³/mol. The topological polar surface area (TPSA) is 85.4 Å². The average molecular weight is 626 g/mol. The molecule has 1 aromatic heterocycles. The van der Waals surface area contributed by atoms with Gasteiger partial charge in [0.1, 0.15) is 15.8 Å². The van der Waals surface area contributed by atoms with Crippen LogP contribution in [0.4, 0.5) is 10.1 Å². The monoisotopic (exact) mass is 624 g/mol. The summed E-state index contributed by atoms with van der Waals surface area (Å²) in [6, 6.07) is 13.6. The summed E-state index contributed by atoms with van der Waals surface area (Å²) in [5, 5.41) is 2.83. The Morgan fingerprint density at radius 2 is 1.65 bits per heavy atom. The third-order valence-corrected chi connectivity index (χ3v) is 7.68. The lowest BCUT2D eigenvalue weighted by atomic mass is 10.0. The molecule has 0 spiro atoms. The molecule has 2 atom stereocenters. The molecule has 1 N–H and O–H groups in total. The number of ether oxygens (including phenoxy) is 1. The first-order chi connectivity index (χ1) is 18.7. The van der Waals surface area contributed by atoms with E-state index in [9.17, 15) is 18.8 Å². The minimum Gasteiger partial charge on any atom is -0.460 e. The van der Waals surface area contributed by atoms with E-state index in [2.05, 4.69) is 10.3 Å². The fraction of sp³-hybridized carbons (Fsp3) is 0.310. The van der Waals surface area contributed by atoms with Crippen LogP contribution in [0.5, 0.6) is 0 Å². The zero-order valence-corrected chi connectivity index (χ0v) is 24.8. The van der Waals surface area contributed by atoms with Gasteiger partial charge in [0.25, 0.3) is 0 Å². The summed E-state index contributed by atoms with van der Waals surface area (Å²) in [5.74, 6) is -3.26. The molecule has 0 bridgehead atoms. The van der Waals surface area contributed by atoms with Crippen molar-refractivity contribution in [3.8, 4) is 0 Å². The van der Waals surface area contributed by atoms with E-state index in [4.69, 9.17) is 51.1 Å². The number of alkyl halides is 2. The summed E-state index contributed by atoms with van der Waals surface area (Å²) in [6.07, 6.45) is -0.113. The number of hydrogen-bond acceptors (Lipinski definition) is 5. The van der Waals surface area contributed by atoms with Crippen LogP contribution < -0.4 is 5.32 Å². The van der Waals surface area contributed by atoms with E-state index in [-0.39, 0.29) is 34.2 Å². The van der Waals surface area contributed by atoms with Crippen LogP contribution in [0.3, 0.4) is 0 Å². The molecular weight excluding hydrogens is 601 g/mol. The fourth-order valence-corrected chi connectivity index (χ4v) is 5.56. The van der Waals surface area contributed by atoms with Crippen LogP contribution in [0, 0.1) is 11.7 Å². The fourth-order valence-electron chi connectivity index (χ4n) is 4.32. The smallest absolute Gasteiger partial charge is 0.312 e. The van der Waals surface area contributed by atoms with Gasteiger partial charge in [-0.1, -0.05) is 35.3 Å². The second kappa shape index (κ2) is 11.6. The molecule has 1 saturated carbocycles. The van der Waals surface area contributed by atoms with Gasteiger partial charge in [-0.2, -0.15) is 0 Å². The minimum absolute atomic E-state index is 0.0313. The molecular formula is C29H25Cl4FN2O4. The lowest BCUT2D eigenvalue weighted by molar-refractivity contribution is -0.154. The van der Waals surface area contributed by atoms with Crippen LogP contribution in [0.2, 0.25) is 10.0 Å². The predicted octanol–water partition coefficient (Wildman–Crippen LogP) is 7.36. The number of anilines is 1. The van der Waals surface area contributed by atoms with E-state index in [0.717, 1.165) is 0 Å². The van der Waals surface area contributed by atoms with E-state index in [1.165, 1.54) is 30.3 Å². The Kier molecular flexibility index (Phi) is 8.81. The van der Waals surface area contributed by atoms with Gasteiger partial charge in [-0.05, 0) is 68.8 Å². The summed E-state index contributed by atoms with van der Waals surface area (Å²) in [5.41, 5.74) is 1.33. The number of amides is 1. The number of esters is 1. The molecule has 1 amide bonds. The van der Waals surface area contributed by atoms with Gasteiger partial charge in [0.2, 0.25) is 5.91 Å². The molecule has 1 heterocycles. The van der Waals surface area contributed by atoms with Gasteiger partial charge in [0.05, 0.1) is 34.5 Å². The molecule has 3 aromatic rings. The maximum Gasteiger partial charge on any atom is 0.312 e. The Labute approximate surface area is 251 Å². The average Bonchev–Trinajstić information content (AvgIpc) is 3.42. The highest BCUT2D eigenvalue weighted by Gasteiger charge is 2.67. The van der Waals surface area contributed by atoms with Gasteiger partial charge >= 0.3 is 5.97 Å². The lowest BCUT2D eigenvalue weighted by Gasteiger charge is -2.19. The quantitative estimate of drug-likeness (QED) is 0.161. The number of halogens is 5.